The van der Waals surface area contributed by atoms with Gasteiger partial charge in [-0.05, 0) is 35.9 Å². The van der Waals surface area contributed by atoms with Crippen molar-refractivity contribution in [3.63, 3.8) is 0 Å². The van der Waals surface area contributed by atoms with E-state index in [0.29, 0.717) is 22.1 Å². The van der Waals surface area contributed by atoms with Crippen LogP contribution in [0.25, 0.3) is 6.08 Å². The van der Waals surface area contributed by atoms with Gasteiger partial charge < -0.3 is 4.74 Å². The first-order valence-corrected chi connectivity index (χ1v) is 10.7. The number of carbonyl (C=O) groups is 2. The second-order valence-corrected chi connectivity index (χ2v) is 7.69. The van der Waals surface area contributed by atoms with E-state index in [4.69, 9.17) is 4.74 Å². The van der Waals surface area contributed by atoms with Crippen LogP contribution in [0, 0.1) is 0 Å². The zero-order chi connectivity index (χ0) is 21.6. The maximum absolute atomic E-state index is 13.2. The first-order valence-electron chi connectivity index (χ1n) is 9.71. The lowest BCUT2D eigenvalue weighted by atomic mass is 10.2. The van der Waals surface area contributed by atoms with Crippen LogP contribution in [0.3, 0.4) is 0 Å². The fourth-order valence-corrected chi connectivity index (χ4v) is 4.00. The van der Waals surface area contributed by atoms with Crippen molar-refractivity contribution >= 4 is 40.4 Å². The highest BCUT2D eigenvalue weighted by Crippen LogP contribution is 2.29. The minimum absolute atomic E-state index is 0.0126. The maximum Gasteiger partial charge on any atom is 0.283 e. The number of aliphatic imine (C=N–C) groups is 1. The maximum atomic E-state index is 13.2. The van der Waals surface area contributed by atoms with E-state index in [1.807, 2.05) is 72.8 Å². The number of hydrogen-bond acceptors (Lipinski definition) is 5. The van der Waals surface area contributed by atoms with Gasteiger partial charge in [0.1, 0.15) is 11.4 Å². The minimum Gasteiger partial charge on any atom is -0.497 e. The molecule has 0 spiro atoms. The molecule has 1 aliphatic heterocycles. The second-order valence-electron chi connectivity index (χ2n) is 6.75. The fourth-order valence-electron chi connectivity index (χ4n) is 3.09. The Hall–Kier alpha value is -3.64. The molecule has 31 heavy (non-hydrogen) atoms. The van der Waals surface area contributed by atoms with Gasteiger partial charge in [0.25, 0.3) is 5.91 Å². The minimum atomic E-state index is -0.225. The summed E-state index contributed by atoms with van der Waals surface area (Å²) in [6.07, 6.45) is 1.74. The van der Waals surface area contributed by atoms with Gasteiger partial charge in [-0.15, -0.1) is 0 Å². The Kier molecular flexibility index (Phi) is 6.29. The number of anilines is 1. The van der Waals surface area contributed by atoms with Crippen LogP contribution in [0.1, 0.15) is 15.9 Å². The van der Waals surface area contributed by atoms with E-state index >= 15 is 0 Å². The predicted octanol–water partition coefficient (Wildman–Crippen LogP) is 5.06. The number of benzene rings is 3. The zero-order valence-corrected chi connectivity index (χ0v) is 17.7. The van der Waals surface area contributed by atoms with Crippen LogP contribution in [0.5, 0.6) is 5.75 Å². The largest absolute Gasteiger partial charge is 0.497 e. The average Bonchev–Trinajstić information content (AvgIpc) is 3.14. The van der Waals surface area contributed by atoms with E-state index in [-0.39, 0.29) is 17.4 Å². The molecule has 1 aliphatic rings. The van der Waals surface area contributed by atoms with Crippen molar-refractivity contribution in [2.45, 2.75) is 0 Å². The quantitative estimate of drug-likeness (QED) is 0.407. The molecule has 4 rings (SSSR count). The van der Waals surface area contributed by atoms with Crippen LogP contribution in [0.15, 0.2) is 95.6 Å². The Bertz CT molecular complexity index is 1140. The summed E-state index contributed by atoms with van der Waals surface area (Å²) in [7, 11) is 1.61. The Morgan fingerprint density at radius 1 is 0.968 bits per heavy atom. The summed E-state index contributed by atoms with van der Waals surface area (Å²) in [6.45, 7) is 0. The summed E-state index contributed by atoms with van der Waals surface area (Å²) >= 11 is 1.26. The number of carbonyl (C=O) groups excluding carboxylic acids is 2. The molecule has 6 heteroatoms. The molecule has 0 saturated heterocycles. The smallest absolute Gasteiger partial charge is 0.283 e. The number of rotatable bonds is 6. The van der Waals surface area contributed by atoms with Crippen molar-refractivity contribution in [2.24, 2.45) is 4.99 Å². The molecule has 0 N–H and O–H groups in total. The van der Waals surface area contributed by atoms with Gasteiger partial charge in [0.15, 0.2) is 11.0 Å². The van der Waals surface area contributed by atoms with E-state index < -0.39 is 0 Å². The number of hydrogen-bond donors (Lipinski definition) is 0. The number of amides is 1. The highest BCUT2D eigenvalue weighted by atomic mass is 32.2. The lowest BCUT2D eigenvalue weighted by Crippen LogP contribution is -2.30. The first kappa shape index (κ1) is 20.6. The number of ether oxygens (including phenoxy) is 1. The summed E-state index contributed by atoms with van der Waals surface area (Å²) in [6, 6.07) is 25.8. The molecule has 0 atom stereocenters. The van der Waals surface area contributed by atoms with E-state index in [9.17, 15) is 9.59 Å². The topological polar surface area (TPSA) is 59.0 Å². The highest BCUT2D eigenvalue weighted by Gasteiger charge is 2.32. The van der Waals surface area contributed by atoms with Gasteiger partial charge in [-0.25, -0.2) is 4.99 Å². The van der Waals surface area contributed by atoms with Crippen molar-refractivity contribution < 1.29 is 14.3 Å². The van der Waals surface area contributed by atoms with Crippen molar-refractivity contribution in [1.82, 2.24) is 0 Å². The molecule has 5 nitrogen and oxygen atoms in total. The van der Waals surface area contributed by atoms with Crippen LogP contribution >= 0.6 is 11.8 Å². The van der Waals surface area contributed by atoms with E-state index in [0.717, 1.165) is 11.3 Å². The molecule has 0 fully saturated rings. The Labute approximate surface area is 185 Å². The molecular formula is C25H20N2O3S. The van der Waals surface area contributed by atoms with Crippen molar-refractivity contribution in [3.8, 4) is 5.75 Å². The molecular weight excluding hydrogens is 408 g/mol. The second kappa shape index (κ2) is 9.45. The summed E-state index contributed by atoms with van der Waals surface area (Å²) in [5.41, 5.74) is 2.51. The lowest BCUT2D eigenvalue weighted by Gasteiger charge is -2.17. The zero-order valence-electron chi connectivity index (χ0n) is 16.9. The molecule has 0 aliphatic carbocycles. The summed E-state index contributed by atoms with van der Waals surface area (Å²) in [5, 5.41) is 0.486. The van der Waals surface area contributed by atoms with Gasteiger partial charge in [-0.3, -0.25) is 14.5 Å². The van der Waals surface area contributed by atoms with Crippen LogP contribution in [-0.4, -0.2) is 29.7 Å². The molecule has 1 heterocycles. The van der Waals surface area contributed by atoms with Crippen molar-refractivity contribution in [2.75, 3.05) is 17.8 Å². The fraction of sp³-hybridized carbons (Fsp3) is 0.0800. The third-order valence-corrected chi connectivity index (χ3v) is 5.63. The molecule has 154 valence electrons. The Balaban J connectivity index is 1.61. The first-order chi connectivity index (χ1) is 15.2. The van der Waals surface area contributed by atoms with E-state index in [1.165, 1.54) is 11.8 Å². The number of para-hydroxylation sites is 1. The molecule has 1 amide bonds. The monoisotopic (exact) mass is 428 g/mol. The molecule has 3 aromatic carbocycles. The summed E-state index contributed by atoms with van der Waals surface area (Å²) < 4.78 is 5.18. The van der Waals surface area contributed by atoms with Gasteiger partial charge in [-0.1, -0.05) is 72.4 Å². The Morgan fingerprint density at radius 2 is 1.61 bits per heavy atom. The molecule has 0 radical (unpaired) electrons. The molecule has 0 saturated carbocycles. The molecule has 3 aromatic rings. The highest BCUT2D eigenvalue weighted by molar-refractivity contribution is 8.14. The van der Waals surface area contributed by atoms with Crippen LogP contribution in [0.2, 0.25) is 0 Å². The van der Waals surface area contributed by atoms with Crippen molar-refractivity contribution in [3.05, 3.63) is 102 Å². The summed E-state index contributed by atoms with van der Waals surface area (Å²) in [4.78, 5) is 31.8. The SMILES string of the molecule is COc1ccc(C=C2N=C(SCC(=O)c3ccccc3)N(c3ccccc3)C2=O)cc1. The number of Topliss-reactive ketones (excluding diaryl/α,β-unsaturated/α-hetero) is 1. The lowest BCUT2D eigenvalue weighted by molar-refractivity contribution is -0.113. The van der Waals surface area contributed by atoms with Crippen molar-refractivity contribution in [1.29, 1.82) is 0 Å². The third-order valence-electron chi connectivity index (χ3n) is 4.69. The Morgan fingerprint density at radius 3 is 2.26 bits per heavy atom. The van der Waals surface area contributed by atoms with Crippen LogP contribution in [0.4, 0.5) is 5.69 Å². The van der Waals surface area contributed by atoms with Gasteiger partial charge in [0.05, 0.1) is 18.6 Å². The standard InChI is InChI=1S/C25H20N2O3S/c1-30-21-14-12-18(13-15-21)16-22-24(29)27(20-10-6-3-7-11-20)25(26-22)31-17-23(28)19-8-4-2-5-9-19/h2-16H,17H2,1H3. The number of ketones is 1. The predicted molar refractivity (Wildman–Crippen MR) is 126 cm³/mol. The van der Waals surface area contributed by atoms with Gasteiger partial charge in [0.2, 0.25) is 0 Å². The third kappa shape index (κ3) is 4.75. The van der Waals surface area contributed by atoms with E-state index in [1.54, 1.807) is 30.2 Å². The molecule has 0 unspecified atom stereocenters. The molecule has 0 aromatic heterocycles. The van der Waals surface area contributed by atoms with Gasteiger partial charge >= 0.3 is 0 Å². The van der Waals surface area contributed by atoms with Gasteiger partial charge in [0, 0.05) is 5.56 Å². The normalized spacial score (nSPS) is 14.6. The number of nitrogens with zero attached hydrogens (tertiary/aromatic N) is 2. The number of thioether (sulfide) groups is 1. The average molecular weight is 429 g/mol. The summed E-state index contributed by atoms with van der Waals surface area (Å²) in [5.74, 6) is 0.693. The van der Waals surface area contributed by atoms with Crippen LogP contribution in [-0.2, 0) is 4.79 Å². The number of methoxy groups -OCH3 is 1. The van der Waals surface area contributed by atoms with Gasteiger partial charge in [-0.2, -0.15) is 0 Å². The van der Waals surface area contributed by atoms with Crippen LogP contribution < -0.4 is 9.64 Å². The van der Waals surface area contributed by atoms with E-state index in [2.05, 4.69) is 4.99 Å². The molecule has 0 bridgehead atoms. The number of amidine groups is 1.